The topological polar surface area (TPSA) is 53.5 Å². The summed E-state index contributed by atoms with van der Waals surface area (Å²) in [6, 6.07) is 11.4. The molecule has 0 fully saturated rings. The van der Waals surface area contributed by atoms with Gasteiger partial charge in [0.2, 0.25) is 5.88 Å². The zero-order chi connectivity index (χ0) is 15.5. The van der Waals surface area contributed by atoms with Crippen molar-refractivity contribution < 1.29 is 14.2 Å². The van der Waals surface area contributed by atoms with Gasteiger partial charge in [0.25, 0.3) is 0 Å². The second-order valence-corrected chi connectivity index (χ2v) is 4.82. The third-order valence-corrected chi connectivity index (χ3v) is 3.31. The Balaban J connectivity index is 2.09. The van der Waals surface area contributed by atoms with Crippen LogP contribution in [0.1, 0.15) is 5.56 Å². The molecule has 3 rings (SSSR count). The van der Waals surface area contributed by atoms with Gasteiger partial charge in [-0.25, -0.2) is 9.97 Å². The number of aryl methyl sites for hydroxylation is 1. The van der Waals surface area contributed by atoms with E-state index in [1.54, 1.807) is 20.3 Å². The highest BCUT2D eigenvalue weighted by Gasteiger charge is 2.12. The van der Waals surface area contributed by atoms with Crippen LogP contribution in [-0.2, 0) is 0 Å². The summed E-state index contributed by atoms with van der Waals surface area (Å²) in [6.45, 7) is 2.01. The van der Waals surface area contributed by atoms with E-state index in [2.05, 4.69) is 9.97 Å². The van der Waals surface area contributed by atoms with Gasteiger partial charge in [-0.1, -0.05) is 12.1 Å². The summed E-state index contributed by atoms with van der Waals surface area (Å²) in [7, 11) is 3.18. The first-order chi connectivity index (χ1) is 10.7. The normalized spacial score (nSPS) is 10.5. The fourth-order valence-electron chi connectivity index (χ4n) is 2.23. The molecule has 0 spiro atoms. The average molecular weight is 296 g/mol. The van der Waals surface area contributed by atoms with Gasteiger partial charge in [0.15, 0.2) is 11.5 Å². The zero-order valence-electron chi connectivity index (χ0n) is 12.7. The molecule has 0 aliphatic carbocycles. The third-order valence-electron chi connectivity index (χ3n) is 3.31. The number of hydrogen-bond donors (Lipinski definition) is 0. The molecule has 0 bridgehead atoms. The Labute approximate surface area is 128 Å². The van der Waals surface area contributed by atoms with E-state index in [9.17, 15) is 0 Å². The second-order valence-electron chi connectivity index (χ2n) is 4.82. The summed E-state index contributed by atoms with van der Waals surface area (Å²) in [5.74, 6) is 2.44. The monoisotopic (exact) mass is 296 g/mol. The van der Waals surface area contributed by atoms with Gasteiger partial charge in [0, 0.05) is 6.07 Å². The van der Waals surface area contributed by atoms with Crippen LogP contribution in [0.2, 0.25) is 0 Å². The summed E-state index contributed by atoms with van der Waals surface area (Å²) < 4.78 is 16.5. The molecule has 0 unspecified atom stereocenters. The summed E-state index contributed by atoms with van der Waals surface area (Å²) in [6.07, 6.45) is 1.47. The molecule has 0 atom stereocenters. The minimum absolute atomic E-state index is 0.483. The van der Waals surface area contributed by atoms with Crippen LogP contribution in [-0.4, -0.2) is 24.2 Å². The van der Waals surface area contributed by atoms with Crippen LogP contribution in [0, 0.1) is 6.92 Å². The van der Waals surface area contributed by atoms with Crippen molar-refractivity contribution in [2.75, 3.05) is 14.2 Å². The number of aromatic nitrogens is 2. The van der Waals surface area contributed by atoms with Crippen molar-refractivity contribution in [3.63, 3.8) is 0 Å². The van der Waals surface area contributed by atoms with E-state index in [1.165, 1.54) is 6.33 Å². The van der Waals surface area contributed by atoms with Crippen molar-refractivity contribution >= 4 is 10.9 Å². The van der Waals surface area contributed by atoms with Crippen molar-refractivity contribution in [1.82, 2.24) is 9.97 Å². The predicted molar refractivity (Wildman–Crippen MR) is 83.9 cm³/mol. The van der Waals surface area contributed by atoms with E-state index >= 15 is 0 Å². The fourth-order valence-corrected chi connectivity index (χ4v) is 2.23. The molecule has 0 aliphatic heterocycles. The standard InChI is InChI=1S/C17H16N2O3/c1-11-5-4-6-12(7-11)22-17-13-8-15(20-2)16(21-3)9-14(13)18-10-19-17/h4-10H,1-3H3. The van der Waals surface area contributed by atoms with Crippen LogP contribution in [0.5, 0.6) is 23.1 Å². The second kappa shape index (κ2) is 5.89. The van der Waals surface area contributed by atoms with Gasteiger partial charge in [-0.2, -0.15) is 0 Å². The lowest BCUT2D eigenvalue weighted by molar-refractivity contribution is 0.355. The van der Waals surface area contributed by atoms with E-state index < -0.39 is 0 Å². The van der Waals surface area contributed by atoms with Gasteiger partial charge < -0.3 is 14.2 Å². The van der Waals surface area contributed by atoms with E-state index in [0.717, 1.165) is 22.2 Å². The molecule has 0 N–H and O–H groups in total. The molecule has 0 aliphatic rings. The molecular weight excluding hydrogens is 280 g/mol. The Kier molecular flexibility index (Phi) is 3.78. The predicted octanol–water partition coefficient (Wildman–Crippen LogP) is 3.75. The lowest BCUT2D eigenvalue weighted by Crippen LogP contribution is -1.95. The third kappa shape index (κ3) is 2.65. The Morgan fingerprint density at radius 1 is 0.909 bits per heavy atom. The van der Waals surface area contributed by atoms with E-state index in [1.807, 2.05) is 37.3 Å². The minimum atomic E-state index is 0.483. The van der Waals surface area contributed by atoms with Crippen LogP contribution < -0.4 is 14.2 Å². The maximum Gasteiger partial charge on any atom is 0.230 e. The van der Waals surface area contributed by atoms with E-state index in [0.29, 0.717) is 17.4 Å². The fraction of sp³-hybridized carbons (Fsp3) is 0.176. The molecule has 112 valence electrons. The highest BCUT2D eigenvalue weighted by atomic mass is 16.5. The lowest BCUT2D eigenvalue weighted by Gasteiger charge is -2.11. The van der Waals surface area contributed by atoms with Gasteiger partial charge >= 0.3 is 0 Å². The molecule has 0 saturated carbocycles. The first-order valence-corrected chi connectivity index (χ1v) is 6.82. The van der Waals surface area contributed by atoms with Crippen molar-refractivity contribution in [2.45, 2.75) is 6.92 Å². The molecule has 2 aromatic carbocycles. The van der Waals surface area contributed by atoms with Gasteiger partial charge in [-0.15, -0.1) is 0 Å². The Hall–Kier alpha value is -2.82. The average Bonchev–Trinajstić information content (AvgIpc) is 2.54. The van der Waals surface area contributed by atoms with Crippen molar-refractivity contribution in [3.05, 3.63) is 48.3 Å². The summed E-state index contributed by atoms with van der Waals surface area (Å²) >= 11 is 0. The molecule has 0 amide bonds. The summed E-state index contributed by atoms with van der Waals surface area (Å²) in [5, 5.41) is 0.765. The lowest BCUT2D eigenvalue weighted by atomic mass is 10.2. The van der Waals surface area contributed by atoms with E-state index in [-0.39, 0.29) is 0 Å². The van der Waals surface area contributed by atoms with Gasteiger partial charge in [-0.05, 0) is 30.7 Å². The van der Waals surface area contributed by atoms with E-state index in [4.69, 9.17) is 14.2 Å². The molecule has 3 aromatic rings. The molecule has 0 radical (unpaired) electrons. The van der Waals surface area contributed by atoms with Crippen molar-refractivity contribution in [3.8, 4) is 23.1 Å². The maximum atomic E-state index is 5.90. The van der Waals surface area contributed by atoms with Crippen LogP contribution >= 0.6 is 0 Å². The number of methoxy groups -OCH3 is 2. The van der Waals surface area contributed by atoms with Crippen LogP contribution in [0.15, 0.2) is 42.7 Å². The zero-order valence-corrected chi connectivity index (χ0v) is 12.7. The molecule has 22 heavy (non-hydrogen) atoms. The molecule has 5 nitrogen and oxygen atoms in total. The number of fused-ring (bicyclic) bond motifs is 1. The first kappa shape index (κ1) is 14.1. The van der Waals surface area contributed by atoms with Crippen molar-refractivity contribution in [2.24, 2.45) is 0 Å². The highest BCUT2D eigenvalue weighted by Crippen LogP contribution is 2.35. The number of ether oxygens (including phenoxy) is 3. The van der Waals surface area contributed by atoms with Gasteiger partial charge in [0.05, 0.1) is 25.1 Å². The smallest absolute Gasteiger partial charge is 0.230 e. The van der Waals surface area contributed by atoms with Gasteiger partial charge in [-0.3, -0.25) is 0 Å². The molecule has 1 aromatic heterocycles. The number of nitrogens with zero attached hydrogens (tertiary/aromatic N) is 2. The SMILES string of the molecule is COc1cc2ncnc(Oc3cccc(C)c3)c2cc1OC. The highest BCUT2D eigenvalue weighted by molar-refractivity contribution is 5.87. The maximum absolute atomic E-state index is 5.90. The number of hydrogen-bond acceptors (Lipinski definition) is 5. The van der Waals surface area contributed by atoms with Crippen LogP contribution in [0.25, 0.3) is 10.9 Å². The Morgan fingerprint density at radius 2 is 1.68 bits per heavy atom. The summed E-state index contributed by atoms with van der Waals surface area (Å²) in [5.41, 5.74) is 1.85. The molecule has 0 saturated heterocycles. The Morgan fingerprint density at radius 3 is 2.41 bits per heavy atom. The van der Waals surface area contributed by atoms with Crippen LogP contribution in [0.4, 0.5) is 0 Å². The number of benzene rings is 2. The van der Waals surface area contributed by atoms with Gasteiger partial charge in [0.1, 0.15) is 12.1 Å². The summed E-state index contributed by atoms with van der Waals surface area (Å²) in [4.78, 5) is 8.49. The first-order valence-electron chi connectivity index (χ1n) is 6.82. The Bertz CT molecular complexity index is 818. The molecule has 5 heteroatoms. The van der Waals surface area contributed by atoms with Crippen LogP contribution in [0.3, 0.4) is 0 Å². The molecule has 1 heterocycles. The van der Waals surface area contributed by atoms with Crippen molar-refractivity contribution in [1.29, 1.82) is 0 Å². The largest absolute Gasteiger partial charge is 0.493 e. The quantitative estimate of drug-likeness (QED) is 0.734. The number of rotatable bonds is 4. The minimum Gasteiger partial charge on any atom is -0.493 e. The molecular formula is C17H16N2O3.